The summed E-state index contributed by atoms with van der Waals surface area (Å²) in [6.45, 7) is 4.24. The zero-order chi connectivity index (χ0) is 16.7. The molecule has 2 rings (SSSR count). The van der Waals surface area contributed by atoms with Crippen molar-refractivity contribution in [2.75, 3.05) is 13.2 Å². The summed E-state index contributed by atoms with van der Waals surface area (Å²) in [4.78, 5) is 12.3. The molecular formula is C18H21O4P. The van der Waals surface area contributed by atoms with Crippen molar-refractivity contribution in [1.82, 2.24) is 0 Å². The predicted molar refractivity (Wildman–Crippen MR) is 90.9 cm³/mol. The molecular weight excluding hydrogens is 311 g/mol. The Morgan fingerprint density at radius 2 is 1.39 bits per heavy atom. The predicted octanol–water partition coefficient (Wildman–Crippen LogP) is 4.68. The molecule has 0 spiro atoms. The van der Waals surface area contributed by atoms with Gasteiger partial charge in [-0.1, -0.05) is 54.6 Å². The van der Waals surface area contributed by atoms with E-state index in [1.807, 2.05) is 18.2 Å². The summed E-state index contributed by atoms with van der Waals surface area (Å²) in [5.41, 5.74) is 2.07. The summed E-state index contributed by atoms with van der Waals surface area (Å²) < 4.78 is 23.1. The molecule has 4 nitrogen and oxygen atoms in total. The molecule has 0 bridgehead atoms. The summed E-state index contributed by atoms with van der Waals surface area (Å²) in [6, 6.07) is 16.2. The first-order valence-electron chi connectivity index (χ1n) is 7.65. The molecule has 23 heavy (non-hydrogen) atoms. The Labute approximate surface area is 137 Å². The van der Waals surface area contributed by atoms with Crippen molar-refractivity contribution in [2.45, 2.75) is 20.0 Å². The molecule has 122 valence electrons. The van der Waals surface area contributed by atoms with E-state index in [1.165, 1.54) is 0 Å². The molecule has 0 heterocycles. The molecule has 0 unspecified atom stereocenters. The molecule has 0 radical (unpaired) electrons. The van der Waals surface area contributed by atoms with Gasteiger partial charge >= 0.3 is 7.60 Å². The van der Waals surface area contributed by atoms with E-state index in [2.05, 4.69) is 0 Å². The molecule has 0 aliphatic rings. The van der Waals surface area contributed by atoms with E-state index >= 15 is 0 Å². The van der Waals surface area contributed by atoms with Gasteiger partial charge in [-0.05, 0) is 19.4 Å². The Bertz CT molecular complexity index is 670. The summed E-state index contributed by atoms with van der Waals surface area (Å²) in [5.74, 6) is -0.0325. The second-order valence-electron chi connectivity index (χ2n) is 5.00. The Morgan fingerprint density at radius 1 is 0.870 bits per heavy atom. The first-order valence-corrected chi connectivity index (χ1v) is 9.37. The monoisotopic (exact) mass is 332 g/mol. The minimum absolute atomic E-state index is 0.0325. The summed E-state index contributed by atoms with van der Waals surface area (Å²) in [7, 11) is -3.12. The van der Waals surface area contributed by atoms with Crippen molar-refractivity contribution in [3.63, 3.8) is 0 Å². The number of benzene rings is 2. The van der Waals surface area contributed by atoms with Crippen molar-refractivity contribution in [2.24, 2.45) is 0 Å². The third-order valence-electron chi connectivity index (χ3n) is 3.28. The van der Waals surface area contributed by atoms with Gasteiger partial charge in [0.1, 0.15) is 0 Å². The second-order valence-corrected chi connectivity index (χ2v) is 7.05. The number of rotatable bonds is 8. The average Bonchev–Trinajstić information content (AvgIpc) is 2.56. The van der Waals surface area contributed by atoms with Gasteiger partial charge in [-0.15, -0.1) is 0 Å². The van der Waals surface area contributed by atoms with Crippen LogP contribution >= 0.6 is 7.60 Å². The Balaban J connectivity index is 2.13. The molecule has 0 aliphatic carbocycles. The highest BCUT2D eigenvalue weighted by Crippen LogP contribution is 2.51. The van der Waals surface area contributed by atoms with Gasteiger partial charge in [0.2, 0.25) is 0 Å². The van der Waals surface area contributed by atoms with Crippen LogP contribution < -0.4 is 0 Å². The molecule has 0 N–H and O–H groups in total. The molecule has 0 aliphatic heterocycles. The number of carbonyl (C=O) groups is 1. The zero-order valence-electron chi connectivity index (χ0n) is 13.4. The minimum Gasteiger partial charge on any atom is -0.309 e. The van der Waals surface area contributed by atoms with E-state index in [0.717, 1.165) is 5.56 Å². The van der Waals surface area contributed by atoms with Crippen LogP contribution in [-0.4, -0.2) is 19.0 Å². The molecule has 0 aromatic heterocycles. The quantitative estimate of drug-likeness (QED) is 0.520. The van der Waals surface area contributed by atoms with Gasteiger partial charge in [-0.3, -0.25) is 9.36 Å². The highest BCUT2D eigenvalue weighted by atomic mass is 31.2. The van der Waals surface area contributed by atoms with Gasteiger partial charge in [-0.25, -0.2) is 0 Å². The van der Waals surface area contributed by atoms with Crippen molar-refractivity contribution in [3.05, 3.63) is 71.3 Å². The molecule has 0 saturated heterocycles. The lowest BCUT2D eigenvalue weighted by atomic mass is 10.0. The average molecular weight is 332 g/mol. The zero-order valence-corrected chi connectivity index (χ0v) is 14.3. The van der Waals surface area contributed by atoms with E-state index in [-0.39, 0.29) is 11.9 Å². The Morgan fingerprint density at radius 3 is 1.91 bits per heavy atom. The normalized spacial score (nSPS) is 11.4. The molecule has 0 atom stereocenters. The fourth-order valence-corrected chi connectivity index (χ4v) is 3.97. The smallest absolute Gasteiger partial charge is 0.309 e. The van der Waals surface area contributed by atoms with Crippen molar-refractivity contribution < 1.29 is 18.4 Å². The largest absolute Gasteiger partial charge is 0.335 e. The van der Waals surface area contributed by atoms with Crippen molar-refractivity contribution in [1.29, 1.82) is 0 Å². The van der Waals surface area contributed by atoms with Crippen molar-refractivity contribution in [3.8, 4) is 0 Å². The topological polar surface area (TPSA) is 52.6 Å². The fourth-order valence-electron chi connectivity index (χ4n) is 2.26. The van der Waals surface area contributed by atoms with Gasteiger partial charge in [0.25, 0.3) is 0 Å². The van der Waals surface area contributed by atoms with Crippen LogP contribution in [0.1, 0.15) is 35.3 Å². The molecule has 0 fully saturated rings. The Hall–Kier alpha value is -1.74. The van der Waals surface area contributed by atoms with Crippen LogP contribution in [0.4, 0.5) is 0 Å². The molecule has 5 heteroatoms. The maximum atomic E-state index is 12.5. The lowest BCUT2D eigenvalue weighted by molar-refractivity contribution is 0.103. The summed E-state index contributed by atoms with van der Waals surface area (Å²) in [6.07, 6.45) is 0.203. The van der Waals surface area contributed by atoms with E-state index in [0.29, 0.717) is 24.3 Å². The molecule has 0 saturated carbocycles. The maximum absolute atomic E-state index is 12.5. The lowest BCUT2D eigenvalue weighted by Crippen LogP contribution is -2.02. The van der Waals surface area contributed by atoms with E-state index in [9.17, 15) is 9.36 Å². The first kappa shape index (κ1) is 17.6. The van der Waals surface area contributed by atoms with Crippen LogP contribution in [0.3, 0.4) is 0 Å². The number of hydrogen-bond acceptors (Lipinski definition) is 4. The molecule has 2 aromatic carbocycles. The van der Waals surface area contributed by atoms with Gasteiger partial charge < -0.3 is 9.05 Å². The first-order chi connectivity index (χ1) is 11.1. The SMILES string of the molecule is CCOP(=O)(Cc1ccc(C(=O)c2ccccc2)cc1)OCC. The Kier molecular flexibility index (Phi) is 6.28. The minimum atomic E-state index is -3.12. The molecule has 2 aromatic rings. The highest BCUT2D eigenvalue weighted by Gasteiger charge is 2.24. The van der Waals surface area contributed by atoms with Crippen LogP contribution in [0, 0.1) is 0 Å². The number of hydrogen-bond donors (Lipinski definition) is 0. The van der Waals surface area contributed by atoms with Crippen LogP contribution in [0.5, 0.6) is 0 Å². The van der Waals surface area contributed by atoms with Gasteiger partial charge in [0.05, 0.1) is 19.4 Å². The van der Waals surface area contributed by atoms with E-state index < -0.39 is 7.60 Å². The third kappa shape index (κ3) is 4.87. The summed E-state index contributed by atoms with van der Waals surface area (Å²) >= 11 is 0. The number of carbonyl (C=O) groups excluding carboxylic acids is 1. The van der Waals surface area contributed by atoms with Gasteiger partial charge in [0.15, 0.2) is 5.78 Å². The fraction of sp³-hybridized carbons (Fsp3) is 0.278. The third-order valence-corrected chi connectivity index (χ3v) is 5.34. The maximum Gasteiger partial charge on any atom is 0.335 e. The van der Waals surface area contributed by atoms with E-state index in [1.54, 1.807) is 50.2 Å². The molecule has 0 amide bonds. The van der Waals surface area contributed by atoms with Crippen LogP contribution in [-0.2, 0) is 19.8 Å². The van der Waals surface area contributed by atoms with Gasteiger partial charge in [0, 0.05) is 11.1 Å². The van der Waals surface area contributed by atoms with E-state index in [4.69, 9.17) is 9.05 Å². The highest BCUT2D eigenvalue weighted by molar-refractivity contribution is 7.53. The van der Waals surface area contributed by atoms with Crippen LogP contribution in [0.2, 0.25) is 0 Å². The lowest BCUT2D eigenvalue weighted by Gasteiger charge is -2.17. The van der Waals surface area contributed by atoms with Crippen molar-refractivity contribution >= 4 is 13.4 Å². The summed E-state index contributed by atoms with van der Waals surface area (Å²) in [5, 5.41) is 0. The van der Waals surface area contributed by atoms with Gasteiger partial charge in [-0.2, -0.15) is 0 Å². The second kappa shape index (κ2) is 8.21. The standard InChI is InChI=1S/C18H21O4P/c1-3-21-23(20,22-4-2)14-15-10-12-17(13-11-15)18(19)16-8-6-5-7-9-16/h5-13H,3-4,14H2,1-2H3. The van der Waals surface area contributed by atoms with Crippen LogP contribution in [0.25, 0.3) is 0 Å². The van der Waals surface area contributed by atoms with Crippen LogP contribution in [0.15, 0.2) is 54.6 Å². The number of ketones is 1.